The van der Waals surface area contributed by atoms with Crippen molar-refractivity contribution in [3.05, 3.63) is 71.8 Å². The van der Waals surface area contributed by atoms with E-state index >= 15 is 0 Å². The number of hydrogen-bond donors (Lipinski definition) is 0. The predicted octanol–water partition coefficient (Wildman–Crippen LogP) is 2.92. The van der Waals surface area contributed by atoms with Crippen molar-refractivity contribution in [2.24, 2.45) is 0 Å². The minimum Gasteiger partial charge on any atom is -0.453 e. The number of ether oxygens (including phenoxy) is 2. The smallest absolute Gasteiger partial charge is 0.338 e. The molecule has 0 saturated carbocycles. The Morgan fingerprint density at radius 2 is 1.42 bits per heavy atom. The van der Waals surface area contributed by atoms with Gasteiger partial charge < -0.3 is 9.47 Å². The van der Waals surface area contributed by atoms with Crippen molar-refractivity contribution in [1.82, 2.24) is 4.90 Å². The molecule has 0 aromatic heterocycles. The molecule has 2 aromatic rings. The lowest BCUT2D eigenvalue weighted by Gasteiger charge is -2.23. The first-order chi connectivity index (χ1) is 12.7. The van der Waals surface area contributed by atoms with Crippen LogP contribution in [0.1, 0.15) is 33.6 Å². The first-order valence-corrected chi connectivity index (χ1v) is 8.98. The number of carbonyl (C=O) groups is 2. The molecule has 4 rings (SSSR count). The lowest BCUT2D eigenvalue weighted by molar-refractivity contribution is -0.0254. The first kappa shape index (κ1) is 16.8. The molecule has 3 atom stereocenters. The molecule has 0 bridgehead atoms. The quantitative estimate of drug-likeness (QED) is 0.793. The summed E-state index contributed by atoms with van der Waals surface area (Å²) in [5, 5.41) is 0. The van der Waals surface area contributed by atoms with Gasteiger partial charge in [0.2, 0.25) is 0 Å². The summed E-state index contributed by atoms with van der Waals surface area (Å²) in [4.78, 5) is 27.2. The summed E-state index contributed by atoms with van der Waals surface area (Å²) in [6.45, 7) is 1.55. The second-order valence-electron chi connectivity index (χ2n) is 6.75. The van der Waals surface area contributed by atoms with Crippen molar-refractivity contribution in [2.45, 2.75) is 31.1 Å². The Hall–Kier alpha value is -2.66. The molecule has 2 aliphatic heterocycles. The van der Waals surface area contributed by atoms with Crippen LogP contribution in [0.2, 0.25) is 0 Å². The first-order valence-electron chi connectivity index (χ1n) is 8.98. The van der Waals surface area contributed by atoms with Gasteiger partial charge in [-0.05, 0) is 43.7 Å². The van der Waals surface area contributed by atoms with Gasteiger partial charge in [-0.15, -0.1) is 0 Å². The molecule has 26 heavy (non-hydrogen) atoms. The highest BCUT2D eigenvalue weighted by Crippen LogP contribution is 2.32. The summed E-state index contributed by atoms with van der Waals surface area (Å²) in [5.74, 6) is -0.748. The number of benzene rings is 2. The third kappa shape index (κ3) is 3.35. The molecular weight excluding hydrogens is 330 g/mol. The maximum atomic E-state index is 12.5. The maximum Gasteiger partial charge on any atom is 0.338 e. The maximum absolute atomic E-state index is 12.5. The van der Waals surface area contributed by atoms with Crippen LogP contribution in [-0.4, -0.2) is 48.2 Å². The van der Waals surface area contributed by atoms with E-state index in [9.17, 15) is 9.59 Å². The number of esters is 2. The van der Waals surface area contributed by atoms with Crippen LogP contribution in [-0.2, 0) is 9.47 Å². The van der Waals surface area contributed by atoms with Crippen LogP contribution in [0, 0.1) is 0 Å². The zero-order chi connectivity index (χ0) is 17.9. The van der Waals surface area contributed by atoms with Crippen LogP contribution in [0.3, 0.4) is 0 Å². The Bertz CT molecular complexity index is 777. The van der Waals surface area contributed by atoms with Gasteiger partial charge in [-0.2, -0.15) is 0 Å². The molecule has 0 aliphatic carbocycles. The molecule has 0 amide bonds. The van der Waals surface area contributed by atoms with Gasteiger partial charge in [-0.25, -0.2) is 9.59 Å². The lowest BCUT2D eigenvalue weighted by Crippen LogP contribution is -2.38. The van der Waals surface area contributed by atoms with Crippen LogP contribution in [0.4, 0.5) is 0 Å². The standard InChI is InChI=1S/C21H21NO4/c23-20(15-8-3-1-4-9-15)25-18-14-22-13-7-12-17(22)19(18)26-21(24)16-10-5-2-6-11-16/h1-6,8-11,17-19H,7,12-14H2/t17-,18-,19+/m0/s1. The van der Waals surface area contributed by atoms with E-state index in [1.807, 2.05) is 12.1 Å². The number of hydrogen-bond acceptors (Lipinski definition) is 5. The van der Waals surface area contributed by atoms with Gasteiger partial charge in [0, 0.05) is 6.54 Å². The SMILES string of the molecule is O=C(O[C@H]1[C@@H](OC(=O)c2ccccc2)CN2CCC[C@@H]12)c1ccccc1. The Balaban J connectivity index is 1.50. The summed E-state index contributed by atoms with van der Waals surface area (Å²) < 4.78 is 11.5. The van der Waals surface area contributed by atoms with Crippen LogP contribution in [0.15, 0.2) is 60.7 Å². The molecule has 0 radical (unpaired) electrons. The fourth-order valence-electron chi connectivity index (χ4n) is 3.84. The Labute approximate surface area is 152 Å². The van der Waals surface area contributed by atoms with E-state index < -0.39 is 12.2 Å². The summed E-state index contributed by atoms with van der Waals surface area (Å²) in [7, 11) is 0. The molecule has 0 spiro atoms. The van der Waals surface area contributed by atoms with Crippen molar-refractivity contribution in [3.63, 3.8) is 0 Å². The van der Waals surface area contributed by atoms with Gasteiger partial charge in [-0.3, -0.25) is 4.90 Å². The number of rotatable bonds is 4. The molecule has 0 unspecified atom stereocenters. The third-order valence-electron chi connectivity index (χ3n) is 5.09. The Morgan fingerprint density at radius 1 is 0.846 bits per heavy atom. The third-order valence-corrected chi connectivity index (χ3v) is 5.09. The van der Waals surface area contributed by atoms with Crippen molar-refractivity contribution in [3.8, 4) is 0 Å². The summed E-state index contributed by atoms with van der Waals surface area (Å²) >= 11 is 0. The Morgan fingerprint density at radius 3 is 2.04 bits per heavy atom. The van der Waals surface area contributed by atoms with E-state index in [4.69, 9.17) is 9.47 Å². The van der Waals surface area contributed by atoms with Crippen molar-refractivity contribution in [1.29, 1.82) is 0 Å². The fraction of sp³-hybridized carbons (Fsp3) is 0.333. The zero-order valence-electron chi connectivity index (χ0n) is 14.4. The molecule has 2 aromatic carbocycles. The van der Waals surface area contributed by atoms with Crippen LogP contribution < -0.4 is 0 Å². The lowest BCUT2D eigenvalue weighted by atomic mass is 10.1. The average Bonchev–Trinajstić information content (AvgIpc) is 3.26. The highest BCUT2D eigenvalue weighted by atomic mass is 16.6. The van der Waals surface area contributed by atoms with Crippen molar-refractivity contribution >= 4 is 11.9 Å². The second-order valence-corrected chi connectivity index (χ2v) is 6.75. The largest absolute Gasteiger partial charge is 0.453 e. The molecule has 5 nitrogen and oxygen atoms in total. The highest BCUT2D eigenvalue weighted by Gasteiger charge is 2.48. The molecular formula is C21H21NO4. The average molecular weight is 351 g/mol. The predicted molar refractivity (Wildman–Crippen MR) is 95.9 cm³/mol. The molecule has 134 valence electrons. The molecule has 0 N–H and O–H groups in total. The molecule has 2 aliphatic rings. The van der Waals surface area contributed by atoms with Crippen LogP contribution in [0.25, 0.3) is 0 Å². The van der Waals surface area contributed by atoms with E-state index in [-0.39, 0.29) is 18.0 Å². The summed E-state index contributed by atoms with van der Waals surface area (Å²) in [5.41, 5.74) is 1.02. The second kappa shape index (κ2) is 7.30. The van der Waals surface area contributed by atoms with E-state index in [2.05, 4.69) is 4.90 Å². The monoisotopic (exact) mass is 351 g/mol. The Kier molecular flexibility index (Phi) is 4.71. The zero-order valence-corrected chi connectivity index (χ0v) is 14.4. The van der Waals surface area contributed by atoms with Crippen molar-refractivity contribution in [2.75, 3.05) is 13.1 Å². The summed E-state index contributed by atoms with van der Waals surface area (Å²) in [6, 6.07) is 18.0. The van der Waals surface area contributed by atoms with Gasteiger partial charge >= 0.3 is 11.9 Å². The van der Waals surface area contributed by atoms with Gasteiger partial charge in [0.25, 0.3) is 0 Å². The van der Waals surface area contributed by atoms with E-state index in [1.54, 1.807) is 48.5 Å². The molecule has 2 fully saturated rings. The van der Waals surface area contributed by atoms with Gasteiger partial charge in [0.15, 0.2) is 12.2 Å². The molecule has 5 heteroatoms. The van der Waals surface area contributed by atoms with Gasteiger partial charge in [0.05, 0.1) is 17.2 Å². The minimum atomic E-state index is -0.444. The molecule has 2 heterocycles. The van der Waals surface area contributed by atoms with Crippen LogP contribution in [0.5, 0.6) is 0 Å². The topological polar surface area (TPSA) is 55.8 Å². The number of carbonyl (C=O) groups excluding carboxylic acids is 2. The van der Waals surface area contributed by atoms with Gasteiger partial charge in [-0.1, -0.05) is 36.4 Å². The summed E-state index contributed by atoms with van der Waals surface area (Å²) in [6.07, 6.45) is 1.15. The highest BCUT2D eigenvalue weighted by molar-refractivity contribution is 5.90. The minimum absolute atomic E-state index is 0.122. The molecule has 2 saturated heterocycles. The van der Waals surface area contributed by atoms with Crippen LogP contribution >= 0.6 is 0 Å². The van der Waals surface area contributed by atoms with E-state index in [0.29, 0.717) is 17.7 Å². The normalized spacial score (nSPS) is 24.8. The van der Waals surface area contributed by atoms with Crippen molar-refractivity contribution < 1.29 is 19.1 Å². The number of nitrogens with zero attached hydrogens (tertiary/aromatic N) is 1. The fourth-order valence-corrected chi connectivity index (χ4v) is 3.84. The van der Waals surface area contributed by atoms with E-state index in [0.717, 1.165) is 19.4 Å². The van der Waals surface area contributed by atoms with E-state index in [1.165, 1.54) is 0 Å². The number of fused-ring (bicyclic) bond motifs is 1. The van der Waals surface area contributed by atoms with Gasteiger partial charge in [0.1, 0.15) is 0 Å².